The summed E-state index contributed by atoms with van der Waals surface area (Å²) in [5, 5.41) is 0. The van der Waals surface area contributed by atoms with Crippen molar-refractivity contribution in [1.82, 2.24) is 0 Å². The minimum atomic E-state index is 0.258. The van der Waals surface area contributed by atoms with Crippen molar-refractivity contribution in [2.24, 2.45) is 23.2 Å². The topological polar surface area (TPSA) is 26.3 Å². The number of hydrogen-bond acceptors (Lipinski definition) is 2. The van der Waals surface area contributed by atoms with Crippen LogP contribution in [0.2, 0.25) is 0 Å². The number of allylic oxidation sites excluding steroid dienone is 2. The van der Waals surface area contributed by atoms with Gasteiger partial charge in [-0.05, 0) is 74.7 Å². The van der Waals surface area contributed by atoms with Crippen LogP contribution in [0.15, 0.2) is 11.6 Å². The Morgan fingerprint density at radius 1 is 1.32 bits per heavy atom. The molecule has 2 fully saturated rings. The monoisotopic (exact) mass is 304 g/mol. The van der Waals surface area contributed by atoms with Gasteiger partial charge in [0.2, 0.25) is 0 Å². The van der Waals surface area contributed by atoms with E-state index in [1.807, 2.05) is 6.08 Å². The van der Waals surface area contributed by atoms with E-state index in [-0.39, 0.29) is 5.41 Å². The summed E-state index contributed by atoms with van der Waals surface area (Å²) in [7, 11) is 0. The van der Waals surface area contributed by atoms with Gasteiger partial charge in [0.1, 0.15) is 0 Å². The van der Waals surface area contributed by atoms with E-state index < -0.39 is 0 Å². The van der Waals surface area contributed by atoms with Crippen molar-refractivity contribution in [2.75, 3.05) is 0 Å². The minimum Gasteiger partial charge on any atom is -0.375 e. The Morgan fingerprint density at radius 3 is 2.82 bits per heavy atom. The average Bonchev–Trinajstić information content (AvgIpc) is 2.50. The van der Waals surface area contributed by atoms with Crippen molar-refractivity contribution in [3.8, 4) is 0 Å². The quantitative estimate of drug-likeness (QED) is 0.739. The average molecular weight is 304 g/mol. The van der Waals surface area contributed by atoms with Gasteiger partial charge in [-0.2, -0.15) is 0 Å². The van der Waals surface area contributed by atoms with Gasteiger partial charge in [-0.25, -0.2) is 0 Å². The van der Waals surface area contributed by atoms with Gasteiger partial charge in [0.05, 0.1) is 12.2 Å². The molecule has 0 saturated heterocycles. The fourth-order valence-corrected chi connectivity index (χ4v) is 5.31. The van der Waals surface area contributed by atoms with Gasteiger partial charge in [-0.1, -0.05) is 26.3 Å². The molecule has 0 aliphatic heterocycles. The van der Waals surface area contributed by atoms with Gasteiger partial charge >= 0.3 is 0 Å². The highest BCUT2D eigenvalue weighted by atomic mass is 16.5. The number of ether oxygens (including phenoxy) is 1. The van der Waals surface area contributed by atoms with Crippen molar-refractivity contribution in [3.63, 3.8) is 0 Å². The van der Waals surface area contributed by atoms with Crippen LogP contribution in [0.5, 0.6) is 0 Å². The van der Waals surface area contributed by atoms with Gasteiger partial charge in [0.25, 0.3) is 0 Å². The third-order valence-electron chi connectivity index (χ3n) is 6.92. The number of hydrogen-bond donors (Lipinski definition) is 0. The molecule has 0 spiro atoms. The fraction of sp³-hybridized carbons (Fsp3) is 0.850. The van der Waals surface area contributed by atoms with Gasteiger partial charge in [0, 0.05) is 6.42 Å². The molecule has 124 valence electrons. The van der Waals surface area contributed by atoms with Crippen LogP contribution in [-0.4, -0.2) is 18.0 Å². The Balaban J connectivity index is 1.85. The molecule has 0 bridgehead atoms. The highest BCUT2D eigenvalue weighted by Gasteiger charge is 2.51. The van der Waals surface area contributed by atoms with E-state index in [1.165, 1.54) is 24.8 Å². The standard InChI is InChI=1S/C20H32O2/c1-5-14(3)22-19-13(2)6-9-18-17(19)8-7-15-12-16(21)10-11-20(15,18)4/h12-14,17-19H,5-11H2,1-4H3/t13?,14?,17-,18-,19+,20-/m0/s1. The second kappa shape index (κ2) is 6.11. The van der Waals surface area contributed by atoms with E-state index in [0.29, 0.717) is 35.7 Å². The van der Waals surface area contributed by atoms with Crippen molar-refractivity contribution in [1.29, 1.82) is 0 Å². The normalized spacial score (nSPS) is 43.1. The zero-order valence-corrected chi connectivity index (χ0v) is 14.7. The van der Waals surface area contributed by atoms with Gasteiger partial charge in [-0.15, -0.1) is 0 Å². The Hall–Kier alpha value is -0.630. The fourth-order valence-electron chi connectivity index (χ4n) is 5.31. The summed E-state index contributed by atoms with van der Waals surface area (Å²) >= 11 is 0. The van der Waals surface area contributed by atoms with Crippen molar-refractivity contribution in [2.45, 2.75) is 84.8 Å². The van der Waals surface area contributed by atoms with E-state index in [2.05, 4.69) is 27.7 Å². The van der Waals surface area contributed by atoms with E-state index in [0.717, 1.165) is 25.7 Å². The second-order valence-corrected chi connectivity index (χ2v) is 8.24. The molecule has 22 heavy (non-hydrogen) atoms. The third kappa shape index (κ3) is 2.68. The molecular weight excluding hydrogens is 272 g/mol. The summed E-state index contributed by atoms with van der Waals surface area (Å²) in [4.78, 5) is 11.8. The molecule has 6 atom stereocenters. The molecule has 0 aromatic heterocycles. The predicted molar refractivity (Wildman–Crippen MR) is 89.7 cm³/mol. The third-order valence-corrected chi connectivity index (χ3v) is 6.92. The van der Waals surface area contributed by atoms with Gasteiger partial charge in [0.15, 0.2) is 5.78 Å². The number of ketones is 1. The molecule has 0 radical (unpaired) electrons. The summed E-state index contributed by atoms with van der Waals surface area (Å²) in [6.07, 6.45) is 10.6. The van der Waals surface area contributed by atoms with Crippen LogP contribution in [0.3, 0.4) is 0 Å². The maximum absolute atomic E-state index is 11.8. The Bertz CT molecular complexity index is 466. The smallest absolute Gasteiger partial charge is 0.155 e. The van der Waals surface area contributed by atoms with Crippen molar-refractivity contribution >= 4 is 5.78 Å². The molecule has 2 unspecified atom stereocenters. The molecule has 3 rings (SSSR count). The molecule has 0 N–H and O–H groups in total. The zero-order valence-electron chi connectivity index (χ0n) is 14.7. The molecule has 2 nitrogen and oxygen atoms in total. The van der Waals surface area contributed by atoms with E-state index >= 15 is 0 Å². The van der Waals surface area contributed by atoms with Gasteiger partial charge in [-0.3, -0.25) is 4.79 Å². The van der Waals surface area contributed by atoms with E-state index in [4.69, 9.17) is 4.74 Å². The highest BCUT2D eigenvalue weighted by Crippen LogP contribution is 2.58. The van der Waals surface area contributed by atoms with Crippen LogP contribution in [-0.2, 0) is 9.53 Å². The number of carbonyl (C=O) groups excluding carboxylic acids is 1. The molecule has 3 aliphatic carbocycles. The summed E-state index contributed by atoms with van der Waals surface area (Å²) in [5.41, 5.74) is 1.70. The first kappa shape index (κ1) is 16.2. The van der Waals surface area contributed by atoms with E-state index in [1.54, 1.807) is 0 Å². The van der Waals surface area contributed by atoms with Crippen molar-refractivity contribution in [3.05, 3.63) is 11.6 Å². The molecule has 0 aromatic carbocycles. The molecule has 0 heterocycles. The Labute approximate surface area is 135 Å². The second-order valence-electron chi connectivity index (χ2n) is 8.24. The first-order valence-corrected chi connectivity index (χ1v) is 9.35. The summed E-state index contributed by atoms with van der Waals surface area (Å²) in [6, 6.07) is 0. The minimum absolute atomic E-state index is 0.258. The SMILES string of the molecule is CCC(C)O[C@@H]1C(C)CC[C@H]2[C@@H]1CCC1=CC(=O)CC[C@@]12C. The van der Waals surface area contributed by atoms with Crippen LogP contribution in [0.25, 0.3) is 0 Å². The molecule has 3 aliphatic rings. The first-order chi connectivity index (χ1) is 10.5. The van der Waals surface area contributed by atoms with Crippen LogP contribution in [0.4, 0.5) is 0 Å². The lowest BCUT2D eigenvalue weighted by Gasteiger charge is -2.55. The Morgan fingerprint density at radius 2 is 2.09 bits per heavy atom. The number of fused-ring (bicyclic) bond motifs is 3. The van der Waals surface area contributed by atoms with Gasteiger partial charge < -0.3 is 4.74 Å². The predicted octanol–water partition coefficient (Wildman–Crippen LogP) is 4.92. The lowest BCUT2D eigenvalue weighted by Crippen LogP contribution is -2.51. The largest absolute Gasteiger partial charge is 0.375 e. The highest BCUT2D eigenvalue weighted by molar-refractivity contribution is 5.91. The maximum Gasteiger partial charge on any atom is 0.155 e. The molecule has 0 aromatic rings. The molecule has 2 heteroatoms. The summed E-state index contributed by atoms with van der Waals surface area (Å²) < 4.78 is 6.48. The lowest BCUT2D eigenvalue weighted by molar-refractivity contribution is -0.128. The van der Waals surface area contributed by atoms with Crippen molar-refractivity contribution < 1.29 is 9.53 Å². The maximum atomic E-state index is 11.8. The summed E-state index contributed by atoms with van der Waals surface area (Å²) in [6.45, 7) is 9.23. The lowest BCUT2D eigenvalue weighted by atomic mass is 9.51. The van der Waals surface area contributed by atoms with E-state index in [9.17, 15) is 4.79 Å². The number of rotatable bonds is 3. The van der Waals surface area contributed by atoms with Crippen LogP contribution < -0.4 is 0 Å². The number of carbonyl (C=O) groups is 1. The molecule has 0 amide bonds. The Kier molecular flexibility index (Phi) is 4.51. The van der Waals surface area contributed by atoms with Crippen LogP contribution >= 0.6 is 0 Å². The summed E-state index contributed by atoms with van der Waals surface area (Å²) in [5.74, 6) is 2.43. The van der Waals surface area contributed by atoms with Crippen LogP contribution in [0, 0.1) is 23.2 Å². The zero-order chi connectivity index (χ0) is 15.9. The van der Waals surface area contributed by atoms with Crippen LogP contribution in [0.1, 0.15) is 72.6 Å². The molecular formula is C20H32O2. The first-order valence-electron chi connectivity index (χ1n) is 9.35. The molecule has 2 saturated carbocycles.